The number of alkyl halides is 3. The SMILES string of the molecule is CN(CCCOc1ccc(-c2cc3c(ncn3C)c(C#N)n2)cc1C(F)(F)F)C(=O)[C@H]1CCCN1C. The molecule has 0 radical (unpaired) electrons. The molecule has 3 heterocycles. The summed E-state index contributed by atoms with van der Waals surface area (Å²) in [6.07, 6.45) is -0.951. The maximum Gasteiger partial charge on any atom is 0.419 e. The molecule has 1 fully saturated rings. The number of likely N-dealkylation sites (N-methyl/N-ethyl adjacent to an activating group) is 2. The predicted molar refractivity (Wildman–Crippen MR) is 127 cm³/mol. The Labute approximate surface area is 206 Å². The van der Waals surface area contributed by atoms with Crippen molar-refractivity contribution < 1.29 is 22.7 Å². The van der Waals surface area contributed by atoms with Crippen LogP contribution in [-0.2, 0) is 18.0 Å². The van der Waals surface area contributed by atoms with E-state index in [1.54, 1.807) is 29.6 Å². The lowest BCUT2D eigenvalue weighted by Crippen LogP contribution is -2.43. The number of benzene rings is 1. The third-order valence-corrected chi connectivity index (χ3v) is 6.48. The van der Waals surface area contributed by atoms with Crippen LogP contribution in [0.25, 0.3) is 22.3 Å². The van der Waals surface area contributed by atoms with Gasteiger partial charge in [0.1, 0.15) is 17.3 Å². The number of amides is 1. The van der Waals surface area contributed by atoms with Crippen LogP contribution >= 0.6 is 0 Å². The molecule has 190 valence electrons. The van der Waals surface area contributed by atoms with E-state index in [0.29, 0.717) is 24.0 Å². The van der Waals surface area contributed by atoms with Gasteiger partial charge in [0.05, 0.1) is 35.8 Å². The second-order valence-electron chi connectivity index (χ2n) is 9.00. The fourth-order valence-electron chi connectivity index (χ4n) is 4.46. The van der Waals surface area contributed by atoms with Crippen LogP contribution in [0.15, 0.2) is 30.6 Å². The summed E-state index contributed by atoms with van der Waals surface area (Å²) in [7, 11) is 5.35. The van der Waals surface area contributed by atoms with E-state index < -0.39 is 11.7 Å². The second kappa shape index (κ2) is 10.1. The van der Waals surface area contributed by atoms with Gasteiger partial charge in [-0.1, -0.05) is 0 Å². The van der Waals surface area contributed by atoms with E-state index in [1.165, 1.54) is 18.5 Å². The Morgan fingerprint density at radius 1 is 1.31 bits per heavy atom. The van der Waals surface area contributed by atoms with Crippen LogP contribution in [0, 0.1) is 11.3 Å². The van der Waals surface area contributed by atoms with Crippen molar-refractivity contribution in [1.29, 1.82) is 5.26 Å². The molecule has 0 N–H and O–H groups in total. The number of ether oxygens (including phenoxy) is 1. The van der Waals surface area contributed by atoms with E-state index in [0.717, 1.165) is 25.5 Å². The van der Waals surface area contributed by atoms with E-state index >= 15 is 0 Å². The minimum atomic E-state index is -4.65. The number of nitrogens with zero attached hydrogens (tertiary/aromatic N) is 6. The van der Waals surface area contributed by atoms with Gasteiger partial charge in [-0.3, -0.25) is 9.69 Å². The maximum absolute atomic E-state index is 13.9. The monoisotopic (exact) mass is 500 g/mol. The topological polar surface area (TPSA) is 87.3 Å². The first-order chi connectivity index (χ1) is 17.1. The first-order valence-corrected chi connectivity index (χ1v) is 11.6. The van der Waals surface area contributed by atoms with Gasteiger partial charge in [0.2, 0.25) is 5.91 Å². The van der Waals surface area contributed by atoms with Gasteiger partial charge >= 0.3 is 6.18 Å². The van der Waals surface area contributed by atoms with Crippen molar-refractivity contribution in [2.45, 2.75) is 31.5 Å². The molecule has 0 spiro atoms. The Kier molecular flexibility index (Phi) is 7.17. The molecular formula is C25H27F3N6O2. The summed E-state index contributed by atoms with van der Waals surface area (Å²) in [5, 5.41) is 9.42. The molecular weight excluding hydrogens is 473 g/mol. The standard InChI is InChI=1S/C25H27F3N6O2/c1-32-9-4-6-20(32)24(35)33(2)10-5-11-36-22-8-7-16(12-17(22)25(26,27)28)18-13-21-23(19(14-29)31-18)30-15-34(21)3/h7-8,12-13,15,20H,4-6,9-11H2,1-3H3/t20-/m1/s1. The number of halogens is 3. The van der Waals surface area contributed by atoms with Crippen LogP contribution in [0.2, 0.25) is 0 Å². The Morgan fingerprint density at radius 2 is 2.08 bits per heavy atom. The summed E-state index contributed by atoms with van der Waals surface area (Å²) >= 11 is 0. The van der Waals surface area contributed by atoms with Crippen LogP contribution in [0.4, 0.5) is 13.2 Å². The fraction of sp³-hybridized carbons (Fsp3) is 0.440. The van der Waals surface area contributed by atoms with Crippen molar-refractivity contribution in [2.75, 3.05) is 33.8 Å². The number of hydrogen-bond donors (Lipinski definition) is 0. The normalized spacial score (nSPS) is 16.3. The van der Waals surface area contributed by atoms with Gasteiger partial charge in [0, 0.05) is 26.2 Å². The highest BCUT2D eigenvalue weighted by Crippen LogP contribution is 2.39. The molecule has 1 atom stereocenters. The van der Waals surface area contributed by atoms with E-state index in [9.17, 15) is 23.2 Å². The molecule has 0 saturated carbocycles. The summed E-state index contributed by atoms with van der Waals surface area (Å²) in [5.74, 6) is -0.275. The fourth-order valence-corrected chi connectivity index (χ4v) is 4.46. The van der Waals surface area contributed by atoms with Crippen molar-refractivity contribution in [3.05, 3.63) is 41.9 Å². The van der Waals surface area contributed by atoms with Gasteiger partial charge < -0.3 is 14.2 Å². The van der Waals surface area contributed by atoms with Crippen LogP contribution in [0.1, 0.15) is 30.5 Å². The zero-order valence-corrected chi connectivity index (χ0v) is 20.3. The molecule has 1 aromatic carbocycles. The maximum atomic E-state index is 13.9. The zero-order valence-electron chi connectivity index (χ0n) is 20.3. The lowest BCUT2D eigenvalue weighted by atomic mass is 10.1. The van der Waals surface area contributed by atoms with Gasteiger partial charge in [-0.15, -0.1) is 0 Å². The lowest BCUT2D eigenvalue weighted by Gasteiger charge is -2.25. The minimum absolute atomic E-state index is 0.0185. The summed E-state index contributed by atoms with van der Waals surface area (Å²) in [6, 6.07) is 7.16. The molecule has 1 amide bonds. The van der Waals surface area contributed by atoms with Crippen molar-refractivity contribution >= 4 is 16.9 Å². The van der Waals surface area contributed by atoms with E-state index in [4.69, 9.17) is 4.74 Å². The van der Waals surface area contributed by atoms with Gasteiger partial charge in [-0.2, -0.15) is 18.4 Å². The third-order valence-electron chi connectivity index (χ3n) is 6.48. The number of carbonyl (C=O) groups is 1. The van der Waals surface area contributed by atoms with Crippen molar-refractivity contribution in [2.24, 2.45) is 7.05 Å². The Hall–Kier alpha value is -3.65. The number of carbonyl (C=O) groups excluding carboxylic acids is 1. The number of aromatic nitrogens is 3. The number of hydrogen-bond acceptors (Lipinski definition) is 6. The van der Waals surface area contributed by atoms with Gasteiger partial charge in [0.15, 0.2) is 5.69 Å². The lowest BCUT2D eigenvalue weighted by molar-refractivity contribution is -0.138. The first-order valence-electron chi connectivity index (χ1n) is 11.6. The largest absolute Gasteiger partial charge is 0.493 e. The first kappa shape index (κ1) is 25.4. The third kappa shape index (κ3) is 5.14. The number of rotatable bonds is 7. The highest BCUT2D eigenvalue weighted by molar-refractivity contribution is 5.84. The molecule has 0 bridgehead atoms. The van der Waals surface area contributed by atoms with Crippen molar-refractivity contribution in [3.63, 3.8) is 0 Å². The number of fused-ring (bicyclic) bond motifs is 1. The minimum Gasteiger partial charge on any atom is -0.493 e. The molecule has 36 heavy (non-hydrogen) atoms. The van der Waals surface area contributed by atoms with Crippen molar-refractivity contribution in [1.82, 2.24) is 24.3 Å². The van der Waals surface area contributed by atoms with Crippen LogP contribution < -0.4 is 4.74 Å². The molecule has 8 nitrogen and oxygen atoms in total. The molecule has 4 rings (SSSR count). The predicted octanol–water partition coefficient (Wildman–Crippen LogP) is 3.85. The summed E-state index contributed by atoms with van der Waals surface area (Å²) in [4.78, 5) is 24.6. The molecule has 1 aliphatic heterocycles. The van der Waals surface area contributed by atoms with Crippen molar-refractivity contribution in [3.8, 4) is 23.1 Å². The summed E-state index contributed by atoms with van der Waals surface area (Å²) in [6.45, 7) is 1.29. The number of nitriles is 1. The Morgan fingerprint density at radius 3 is 2.75 bits per heavy atom. The number of likely N-dealkylation sites (tertiary alicyclic amines) is 1. The zero-order chi connectivity index (χ0) is 26.0. The molecule has 3 aromatic rings. The molecule has 1 saturated heterocycles. The van der Waals surface area contributed by atoms with E-state index in [2.05, 4.69) is 9.97 Å². The Balaban J connectivity index is 1.49. The van der Waals surface area contributed by atoms with Crippen LogP contribution in [-0.4, -0.2) is 70.1 Å². The number of pyridine rings is 1. The molecule has 11 heteroatoms. The van der Waals surface area contributed by atoms with Gasteiger partial charge in [0.25, 0.3) is 0 Å². The second-order valence-corrected chi connectivity index (χ2v) is 9.00. The highest BCUT2D eigenvalue weighted by Gasteiger charge is 2.35. The van der Waals surface area contributed by atoms with Gasteiger partial charge in [-0.05, 0) is 57.1 Å². The van der Waals surface area contributed by atoms with Crippen LogP contribution in [0.5, 0.6) is 5.75 Å². The average molecular weight is 501 g/mol. The smallest absolute Gasteiger partial charge is 0.419 e. The average Bonchev–Trinajstić information content (AvgIpc) is 3.45. The summed E-state index contributed by atoms with van der Waals surface area (Å²) < 4.78 is 48.8. The molecule has 1 aliphatic rings. The Bertz CT molecular complexity index is 1310. The van der Waals surface area contributed by atoms with Crippen LogP contribution in [0.3, 0.4) is 0 Å². The summed E-state index contributed by atoms with van der Waals surface area (Å²) in [5.41, 5.74) is 0.537. The van der Waals surface area contributed by atoms with E-state index in [-0.39, 0.29) is 41.3 Å². The number of imidazole rings is 1. The molecule has 2 aromatic heterocycles. The quantitative estimate of drug-likeness (QED) is 0.458. The molecule has 0 unspecified atom stereocenters. The molecule has 0 aliphatic carbocycles. The van der Waals surface area contributed by atoms with E-state index in [1.807, 2.05) is 18.0 Å². The highest BCUT2D eigenvalue weighted by atomic mass is 19.4. The van der Waals surface area contributed by atoms with Gasteiger partial charge in [-0.25, -0.2) is 9.97 Å². The number of aryl methyl sites for hydroxylation is 1.